The predicted molar refractivity (Wildman–Crippen MR) is 82.0 cm³/mol. The zero-order valence-electron chi connectivity index (χ0n) is 12.1. The van der Waals surface area contributed by atoms with Gasteiger partial charge < -0.3 is 0 Å². The summed E-state index contributed by atoms with van der Waals surface area (Å²) in [5.74, 6) is -0.436. The van der Waals surface area contributed by atoms with Gasteiger partial charge in [0.2, 0.25) is 0 Å². The van der Waals surface area contributed by atoms with Crippen LogP contribution in [-0.4, -0.2) is 14.0 Å². The van der Waals surface area contributed by atoms with Gasteiger partial charge in [-0.2, -0.15) is 4.89 Å². The Bertz CT molecular complexity index is 473. The Kier molecular flexibility index (Phi) is 4.78. The summed E-state index contributed by atoms with van der Waals surface area (Å²) in [7, 11) is -1.57. The van der Waals surface area contributed by atoms with Crippen LogP contribution in [0.3, 0.4) is 0 Å². The van der Waals surface area contributed by atoms with Gasteiger partial charge in [0.25, 0.3) is 0 Å². The van der Waals surface area contributed by atoms with E-state index < -0.39 is 14.0 Å². The van der Waals surface area contributed by atoms with Crippen LogP contribution in [0.15, 0.2) is 36.5 Å². The third kappa shape index (κ3) is 3.58. The fraction of sp³-hybridized carbons (Fsp3) is 0.375. The Hall–Kier alpha value is -1.39. The van der Waals surface area contributed by atoms with E-state index in [1.54, 1.807) is 12.1 Å². The first-order chi connectivity index (χ1) is 9.53. The van der Waals surface area contributed by atoms with E-state index >= 15 is 0 Å². The molecule has 0 amide bonds. The van der Waals surface area contributed by atoms with Gasteiger partial charge in [-0.15, -0.1) is 6.58 Å². The van der Waals surface area contributed by atoms with Crippen LogP contribution in [0.25, 0.3) is 0 Å². The van der Waals surface area contributed by atoms with Crippen LogP contribution in [-0.2, 0) is 9.78 Å². The molecule has 1 aromatic carbocycles. The number of carbonyl (C=O) groups is 1. The van der Waals surface area contributed by atoms with Crippen LogP contribution in [0.4, 0.5) is 0 Å². The highest BCUT2D eigenvalue weighted by molar-refractivity contribution is 6.93. The van der Waals surface area contributed by atoms with E-state index in [1.807, 2.05) is 17.8 Å². The summed E-state index contributed by atoms with van der Waals surface area (Å²) in [6.45, 7) is 8.32. The Morgan fingerprint density at radius 1 is 1.20 bits per heavy atom. The van der Waals surface area contributed by atoms with Crippen LogP contribution in [0.1, 0.15) is 36.0 Å². The normalized spacial score (nSPS) is 16.1. The van der Waals surface area contributed by atoms with Gasteiger partial charge in [0.15, 0.2) is 0 Å². The number of benzene rings is 1. The molecule has 0 heterocycles. The molecule has 0 N–H and O–H groups in total. The Morgan fingerprint density at radius 3 is 2.35 bits per heavy atom. The fourth-order valence-electron chi connectivity index (χ4n) is 2.15. The molecule has 0 atom stereocenters. The van der Waals surface area contributed by atoms with Crippen LogP contribution >= 0.6 is 0 Å². The van der Waals surface area contributed by atoms with E-state index in [2.05, 4.69) is 19.7 Å². The van der Waals surface area contributed by atoms with E-state index in [9.17, 15) is 4.79 Å². The molecular formula is C16H21O3Si. The molecule has 0 saturated heterocycles. The molecule has 2 rings (SSSR count). The maximum absolute atomic E-state index is 11.9. The monoisotopic (exact) mass is 289 g/mol. The molecule has 0 aromatic heterocycles. The maximum Gasteiger partial charge on any atom is 0.373 e. The van der Waals surface area contributed by atoms with Gasteiger partial charge in [0.1, 0.15) is 14.2 Å². The summed E-state index contributed by atoms with van der Waals surface area (Å²) in [6.07, 6.45) is 4.89. The van der Waals surface area contributed by atoms with Crippen molar-refractivity contribution in [3.63, 3.8) is 0 Å². The third-order valence-corrected chi connectivity index (χ3v) is 6.61. The molecule has 0 spiro atoms. The second-order valence-electron chi connectivity index (χ2n) is 5.70. The average molecular weight is 289 g/mol. The van der Waals surface area contributed by atoms with E-state index in [0.717, 1.165) is 31.8 Å². The Balaban J connectivity index is 1.95. The van der Waals surface area contributed by atoms with Crippen molar-refractivity contribution in [1.82, 2.24) is 0 Å². The molecule has 1 aliphatic rings. The van der Waals surface area contributed by atoms with E-state index in [4.69, 9.17) is 9.78 Å². The summed E-state index contributed by atoms with van der Waals surface area (Å²) in [4.78, 5) is 21.8. The molecule has 20 heavy (non-hydrogen) atoms. The highest BCUT2D eigenvalue weighted by atomic mass is 28.3. The summed E-state index contributed by atoms with van der Waals surface area (Å²) in [5, 5.41) is 1.25. The van der Waals surface area contributed by atoms with Crippen molar-refractivity contribution in [2.45, 2.75) is 38.8 Å². The second-order valence-corrected chi connectivity index (χ2v) is 10.1. The first-order valence-corrected chi connectivity index (χ1v) is 10.1. The lowest BCUT2D eigenvalue weighted by atomic mass is 10.2. The second kappa shape index (κ2) is 6.37. The minimum absolute atomic E-state index is 0.436. The average Bonchev–Trinajstić information content (AvgIpc) is 2.98. The van der Waals surface area contributed by atoms with Gasteiger partial charge in [0.05, 0.1) is 5.56 Å². The van der Waals surface area contributed by atoms with Crippen molar-refractivity contribution in [2.75, 3.05) is 0 Å². The van der Waals surface area contributed by atoms with Crippen molar-refractivity contribution in [2.24, 2.45) is 0 Å². The molecule has 1 saturated carbocycles. The molecule has 1 aliphatic carbocycles. The summed E-state index contributed by atoms with van der Waals surface area (Å²) < 4.78 is 0. The standard InChI is InChI=1S/C16H21O3Si/c1-4-20(2,3)15-11-9-13(10-12-15)16(17)19-18-14-7-5-6-8-14/h4,9-12H,1,5-8H2,2-3H3. The Labute approximate surface area is 121 Å². The number of hydrogen-bond donors (Lipinski definition) is 0. The van der Waals surface area contributed by atoms with Crippen molar-refractivity contribution in [1.29, 1.82) is 0 Å². The fourth-order valence-corrected chi connectivity index (χ4v) is 3.41. The van der Waals surface area contributed by atoms with Gasteiger partial charge in [-0.3, -0.25) is 4.89 Å². The van der Waals surface area contributed by atoms with Gasteiger partial charge >= 0.3 is 5.97 Å². The zero-order chi connectivity index (χ0) is 14.6. The SMILES string of the molecule is C=C[Si](C)(C)c1ccc(C(=O)OO[C]2CCCC2)cc1. The number of hydrogen-bond acceptors (Lipinski definition) is 3. The van der Waals surface area contributed by atoms with E-state index in [-0.39, 0.29) is 0 Å². The van der Waals surface area contributed by atoms with E-state index in [1.165, 1.54) is 5.19 Å². The lowest BCUT2D eigenvalue weighted by Gasteiger charge is -2.17. The molecule has 3 nitrogen and oxygen atoms in total. The van der Waals surface area contributed by atoms with Gasteiger partial charge in [-0.1, -0.05) is 49.0 Å². The minimum Gasteiger partial charge on any atom is -0.292 e. The lowest BCUT2D eigenvalue weighted by Crippen LogP contribution is -2.39. The summed E-state index contributed by atoms with van der Waals surface area (Å²) >= 11 is 0. The van der Waals surface area contributed by atoms with Crippen LogP contribution in [0, 0.1) is 6.10 Å². The molecule has 107 valence electrons. The van der Waals surface area contributed by atoms with Crippen LogP contribution in [0.5, 0.6) is 0 Å². The lowest BCUT2D eigenvalue weighted by molar-refractivity contribution is -0.234. The molecule has 1 aromatic rings. The van der Waals surface area contributed by atoms with Crippen LogP contribution < -0.4 is 5.19 Å². The van der Waals surface area contributed by atoms with Crippen molar-refractivity contribution in [3.05, 3.63) is 48.2 Å². The molecule has 4 heteroatoms. The van der Waals surface area contributed by atoms with Crippen molar-refractivity contribution in [3.8, 4) is 0 Å². The molecular weight excluding hydrogens is 268 g/mol. The largest absolute Gasteiger partial charge is 0.373 e. The van der Waals surface area contributed by atoms with Crippen molar-refractivity contribution < 1.29 is 14.6 Å². The quantitative estimate of drug-likeness (QED) is 0.472. The molecule has 1 fully saturated rings. The van der Waals surface area contributed by atoms with Gasteiger partial charge in [0, 0.05) is 0 Å². The molecule has 0 bridgehead atoms. The number of carbonyl (C=O) groups excluding carboxylic acids is 1. The summed E-state index contributed by atoms with van der Waals surface area (Å²) in [5.41, 5.74) is 2.54. The molecule has 1 radical (unpaired) electrons. The van der Waals surface area contributed by atoms with Gasteiger partial charge in [-0.25, -0.2) is 4.79 Å². The first kappa shape index (κ1) is 15.0. The summed E-state index contributed by atoms with van der Waals surface area (Å²) in [6, 6.07) is 7.54. The predicted octanol–water partition coefficient (Wildman–Crippen LogP) is 3.52. The van der Waals surface area contributed by atoms with Gasteiger partial charge in [-0.05, 0) is 25.0 Å². The number of rotatable bonds is 5. The van der Waals surface area contributed by atoms with Crippen LogP contribution in [0.2, 0.25) is 13.1 Å². The third-order valence-electron chi connectivity index (χ3n) is 3.77. The first-order valence-electron chi connectivity index (χ1n) is 7.00. The molecule has 0 aliphatic heterocycles. The smallest absolute Gasteiger partial charge is 0.292 e. The highest BCUT2D eigenvalue weighted by Crippen LogP contribution is 2.28. The van der Waals surface area contributed by atoms with E-state index in [0.29, 0.717) is 5.56 Å². The van der Waals surface area contributed by atoms with Crippen molar-refractivity contribution >= 4 is 19.2 Å². The highest BCUT2D eigenvalue weighted by Gasteiger charge is 2.22. The minimum atomic E-state index is -1.57. The topological polar surface area (TPSA) is 35.5 Å². The molecule has 0 unspecified atom stereocenters. The maximum atomic E-state index is 11.9. The Morgan fingerprint density at radius 2 is 1.80 bits per heavy atom. The zero-order valence-corrected chi connectivity index (χ0v) is 13.1.